The molecule has 1 aliphatic rings. The van der Waals surface area contributed by atoms with E-state index in [-0.39, 0.29) is 45.6 Å². The zero-order valence-electron chi connectivity index (χ0n) is 16.9. The third-order valence-corrected chi connectivity index (χ3v) is 6.12. The van der Waals surface area contributed by atoms with Crippen LogP contribution in [-0.2, 0) is 5.54 Å². The van der Waals surface area contributed by atoms with Gasteiger partial charge in [-0.25, -0.2) is 22.9 Å². The number of aromatic nitrogens is 4. The van der Waals surface area contributed by atoms with Crippen LogP contribution < -0.4 is 21.9 Å². The topological polar surface area (TPSA) is 138 Å². The maximum absolute atomic E-state index is 13.7. The first-order valence-corrected chi connectivity index (χ1v) is 10.5. The molecule has 0 aliphatic heterocycles. The highest BCUT2D eigenvalue weighted by molar-refractivity contribution is 6.37. The standard InChI is InChI=1S/C20H13Cl2F2N5O5/c21-10-5-8(28-16(15(25)30)27-34-19(28)32)6-11(22)14(10)33-9-1-2-12-13(7-9)29(18(31)26-12)20(3-4-20)17(23)24/h1-2,5-7,17H,3-4H2,(H2,25,30)(H,26,31). The number of halogens is 4. The smallest absolute Gasteiger partial charge is 0.446 e. The molecule has 34 heavy (non-hydrogen) atoms. The molecule has 0 spiro atoms. The Labute approximate surface area is 197 Å². The largest absolute Gasteiger partial charge is 0.454 e. The third kappa shape index (κ3) is 3.37. The van der Waals surface area contributed by atoms with Crippen LogP contribution in [0.25, 0.3) is 16.7 Å². The van der Waals surface area contributed by atoms with E-state index >= 15 is 0 Å². The lowest BCUT2D eigenvalue weighted by molar-refractivity contribution is 0.0675. The minimum Gasteiger partial charge on any atom is -0.454 e. The van der Waals surface area contributed by atoms with Crippen LogP contribution in [0.3, 0.4) is 0 Å². The van der Waals surface area contributed by atoms with E-state index in [2.05, 4.69) is 14.7 Å². The van der Waals surface area contributed by atoms with E-state index in [1.165, 1.54) is 30.3 Å². The average molecular weight is 512 g/mol. The Morgan fingerprint density at radius 2 is 1.88 bits per heavy atom. The number of hydrogen-bond donors (Lipinski definition) is 2. The van der Waals surface area contributed by atoms with Gasteiger partial charge in [-0.2, -0.15) is 0 Å². The third-order valence-electron chi connectivity index (χ3n) is 5.55. The van der Waals surface area contributed by atoms with Crippen molar-refractivity contribution in [1.29, 1.82) is 0 Å². The summed E-state index contributed by atoms with van der Waals surface area (Å²) in [6.07, 6.45) is -2.36. The van der Waals surface area contributed by atoms with E-state index in [0.29, 0.717) is 5.52 Å². The van der Waals surface area contributed by atoms with Gasteiger partial charge in [0.1, 0.15) is 11.3 Å². The Morgan fingerprint density at radius 3 is 2.47 bits per heavy atom. The molecule has 1 saturated carbocycles. The molecule has 0 radical (unpaired) electrons. The Bertz CT molecular complexity index is 1560. The number of alkyl halides is 2. The molecule has 2 heterocycles. The minimum absolute atomic E-state index is 0.0176. The van der Waals surface area contributed by atoms with Crippen molar-refractivity contribution in [3.05, 3.63) is 67.2 Å². The van der Waals surface area contributed by atoms with Gasteiger partial charge in [0.2, 0.25) is 5.82 Å². The van der Waals surface area contributed by atoms with E-state index in [9.17, 15) is 23.2 Å². The number of nitrogens with zero attached hydrogens (tertiary/aromatic N) is 3. The van der Waals surface area contributed by atoms with Crippen molar-refractivity contribution in [3.8, 4) is 17.2 Å². The van der Waals surface area contributed by atoms with Crippen LogP contribution in [0.15, 0.2) is 44.4 Å². The monoisotopic (exact) mass is 511 g/mol. The zero-order valence-corrected chi connectivity index (χ0v) is 18.4. The summed E-state index contributed by atoms with van der Waals surface area (Å²) < 4.78 is 39.4. The molecule has 176 valence electrons. The molecule has 5 rings (SSSR count). The summed E-state index contributed by atoms with van der Waals surface area (Å²) >= 11 is 12.6. The number of carbonyl (C=O) groups is 1. The Balaban J connectivity index is 1.55. The van der Waals surface area contributed by atoms with Crippen molar-refractivity contribution < 1.29 is 22.8 Å². The van der Waals surface area contributed by atoms with Gasteiger partial charge in [-0.1, -0.05) is 23.2 Å². The lowest BCUT2D eigenvalue weighted by Gasteiger charge is -2.16. The van der Waals surface area contributed by atoms with E-state index in [1.807, 2.05) is 0 Å². The SMILES string of the molecule is NC(=O)c1noc(=O)n1-c1cc(Cl)c(Oc2ccc3[nH]c(=O)n(C4(C(F)F)CC4)c3c2)c(Cl)c1. The van der Waals surface area contributed by atoms with Crippen LogP contribution >= 0.6 is 23.2 Å². The molecule has 0 bridgehead atoms. The van der Waals surface area contributed by atoms with Crippen LogP contribution in [0.5, 0.6) is 11.5 Å². The number of imidazole rings is 1. The number of carbonyl (C=O) groups excluding carboxylic acids is 1. The molecular weight excluding hydrogens is 499 g/mol. The predicted octanol–water partition coefficient (Wildman–Crippen LogP) is 3.42. The lowest BCUT2D eigenvalue weighted by atomic mass is 10.2. The number of primary amides is 1. The van der Waals surface area contributed by atoms with Crippen LogP contribution in [0.2, 0.25) is 10.0 Å². The van der Waals surface area contributed by atoms with Gasteiger partial charge in [-0.05, 0) is 42.3 Å². The van der Waals surface area contributed by atoms with Crippen LogP contribution in [-0.4, -0.2) is 31.6 Å². The van der Waals surface area contributed by atoms with Gasteiger partial charge < -0.3 is 15.5 Å². The van der Waals surface area contributed by atoms with E-state index in [4.69, 9.17) is 33.7 Å². The van der Waals surface area contributed by atoms with Crippen LogP contribution in [0, 0.1) is 0 Å². The van der Waals surface area contributed by atoms with E-state index in [0.717, 1.165) is 9.13 Å². The average Bonchev–Trinajstić information content (AvgIpc) is 3.37. The number of H-pyrrole nitrogens is 1. The van der Waals surface area contributed by atoms with Gasteiger partial charge in [0.05, 0.1) is 26.8 Å². The van der Waals surface area contributed by atoms with E-state index < -0.39 is 35.1 Å². The maximum atomic E-state index is 13.7. The summed E-state index contributed by atoms with van der Waals surface area (Å²) in [6, 6.07) is 6.98. The number of fused-ring (bicyclic) bond motifs is 1. The predicted molar refractivity (Wildman–Crippen MR) is 116 cm³/mol. The highest BCUT2D eigenvalue weighted by Crippen LogP contribution is 2.49. The molecule has 10 nitrogen and oxygen atoms in total. The number of benzene rings is 2. The fourth-order valence-electron chi connectivity index (χ4n) is 3.78. The molecule has 14 heteroatoms. The van der Waals surface area contributed by atoms with Crippen molar-refractivity contribution in [2.45, 2.75) is 24.8 Å². The summed E-state index contributed by atoms with van der Waals surface area (Å²) in [5.41, 5.74) is 3.66. The second-order valence-corrected chi connectivity index (χ2v) is 8.48. The molecule has 3 N–H and O–H groups in total. The molecule has 0 unspecified atom stereocenters. The van der Waals surface area contributed by atoms with Gasteiger partial charge in [0.15, 0.2) is 5.75 Å². The zero-order chi connectivity index (χ0) is 24.4. The fraction of sp³-hybridized carbons (Fsp3) is 0.200. The van der Waals surface area contributed by atoms with Crippen molar-refractivity contribution in [2.75, 3.05) is 0 Å². The molecule has 1 aliphatic carbocycles. The molecule has 0 atom stereocenters. The van der Waals surface area contributed by atoms with Crippen molar-refractivity contribution in [3.63, 3.8) is 0 Å². The van der Waals surface area contributed by atoms with Gasteiger partial charge in [0.25, 0.3) is 12.3 Å². The van der Waals surface area contributed by atoms with Crippen molar-refractivity contribution >= 4 is 40.1 Å². The number of nitrogens with one attached hydrogen (secondary N) is 1. The molecule has 0 saturated heterocycles. The normalized spacial score (nSPS) is 14.6. The van der Waals surface area contributed by atoms with Crippen molar-refractivity contribution in [1.82, 2.24) is 19.3 Å². The van der Waals surface area contributed by atoms with Crippen LogP contribution in [0.1, 0.15) is 23.5 Å². The van der Waals surface area contributed by atoms with Crippen LogP contribution in [0.4, 0.5) is 8.78 Å². The minimum atomic E-state index is -2.71. The maximum Gasteiger partial charge on any atom is 0.446 e. The van der Waals surface area contributed by atoms with E-state index in [1.54, 1.807) is 0 Å². The number of ether oxygens (including phenoxy) is 1. The highest BCUT2D eigenvalue weighted by atomic mass is 35.5. The molecule has 2 aromatic carbocycles. The molecule has 2 aromatic heterocycles. The highest BCUT2D eigenvalue weighted by Gasteiger charge is 2.54. The molecule has 1 amide bonds. The summed E-state index contributed by atoms with van der Waals surface area (Å²) in [6.45, 7) is 0. The number of nitrogens with two attached hydrogens (primary N) is 1. The first-order valence-electron chi connectivity index (χ1n) is 9.71. The van der Waals surface area contributed by atoms with Gasteiger partial charge in [-0.15, -0.1) is 0 Å². The Hall–Kier alpha value is -3.64. The number of hydrogen-bond acceptors (Lipinski definition) is 6. The number of amides is 1. The summed E-state index contributed by atoms with van der Waals surface area (Å²) in [7, 11) is 0. The fourth-order valence-corrected chi connectivity index (χ4v) is 4.33. The van der Waals surface area contributed by atoms with Gasteiger partial charge in [0, 0.05) is 6.07 Å². The molecule has 4 aromatic rings. The summed E-state index contributed by atoms with van der Waals surface area (Å²) in [4.78, 5) is 38.4. The quantitative estimate of drug-likeness (QED) is 0.406. The van der Waals surface area contributed by atoms with Gasteiger partial charge >= 0.3 is 11.4 Å². The lowest BCUT2D eigenvalue weighted by Crippen LogP contribution is -2.33. The number of rotatable bonds is 6. The Kier molecular flexibility index (Phi) is 5.02. The summed E-state index contributed by atoms with van der Waals surface area (Å²) in [5.74, 6) is -2.31. The molecular formula is C20H13Cl2F2N5O5. The first kappa shape index (κ1) is 22.2. The second-order valence-electron chi connectivity index (χ2n) is 7.66. The Morgan fingerprint density at radius 1 is 1.21 bits per heavy atom. The molecule has 1 fully saturated rings. The number of aromatic amines is 1. The van der Waals surface area contributed by atoms with Gasteiger partial charge in [-0.3, -0.25) is 13.9 Å². The van der Waals surface area contributed by atoms with Crippen molar-refractivity contribution in [2.24, 2.45) is 5.73 Å². The second kappa shape index (κ2) is 7.71. The first-order chi connectivity index (χ1) is 16.1. The summed E-state index contributed by atoms with van der Waals surface area (Å²) in [5, 5.41) is 3.21.